The molecule has 4 nitrogen and oxygen atoms in total. The maximum absolute atomic E-state index is 9.09. The van der Waals surface area contributed by atoms with Gasteiger partial charge in [-0.05, 0) is 28.4 Å². The minimum Gasteiger partial charge on any atom is -0.353 e. The largest absolute Gasteiger partial charge is 0.353 e. The Labute approximate surface area is 127 Å². The Hall–Kier alpha value is -0.830. The number of piperazine rings is 1. The van der Waals surface area contributed by atoms with Gasteiger partial charge in [-0.1, -0.05) is 18.5 Å². The number of nitrogens with zero attached hydrogens (tertiary/aromatic N) is 4. The van der Waals surface area contributed by atoms with Crippen LogP contribution < -0.4 is 4.90 Å². The van der Waals surface area contributed by atoms with Crippen molar-refractivity contribution >= 4 is 33.3 Å². The highest BCUT2D eigenvalue weighted by molar-refractivity contribution is 9.10. The Morgan fingerprint density at radius 3 is 2.68 bits per heavy atom. The van der Waals surface area contributed by atoms with Crippen LogP contribution in [0, 0.1) is 11.3 Å². The maximum Gasteiger partial charge on any atom is 0.147 e. The van der Waals surface area contributed by atoms with Gasteiger partial charge in [0.25, 0.3) is 0 Å². The molecule has 6 heteroatoms. The zero-order chi connectivity index (χ0) is 13.8. The van der Waals surface area contributed by atoms with E-state index in [1.807, 2.05) is 13.0 Å². The molecular formula is C13H16BrClN4. The number of hydrogen-bond acceptors (Lipinski definition) is 4. The van der Waals surface area contributed by atoms with Crippen LogP contribution in [0.15, 0.2) is 16.7 Å². The van der Waals surface area contributed by atoms with Gasteiger partial charge in [0.05, 0.1) is 17.1 Å². The molecule has 0 aromatic carbocycles. The van der Waals surface area contributed by atoms with E-state index in [9.17, 15) is 0 Å². The van der Waals surface area contributed by atoms with E-state index >= 15 is 0 Å². The molecular weight excluding hydrogens is 328 g/mol. The van der Waals surface area contributed by atoms with Gasteiger partial charge >= 0.3 is 0 Å². The molecule has 2 rings (SSSR count). The number of nitriles is 1. The second-order valence-corrected chi connectivity index (χ2v) is 5.86. The number of rotatable bonds is 3. The molecule has 0 saturated carbocycles. The fraction of sp³-hybridized carbons (Fsp3) is 0.538. The predicted octanol–water partition coefficient (Wildman–Crippen LogP) is 2.92. The fourth-order valence-corrected chi connectivity index (χ4v) is 3.07. The molecule has 102 valence electrons. The predicted molar refractivity (Wildman–Crippen MR) is 80.4 cm³/mol. The van der Waals surface area contributed by atoms with Crippen LogP contribution in [0.1, 0.15) is 13.3 Å². The highest BCUT2D eigenvalue weighted by Crippen LogP contribution is 2.27. The molecule has 1 aliphatic rings. The lowest BCUT2D eigenvalue weighted by molar-refractivity contribution is 0.216. The van der Waals surface area contributed by atoms with Gasteiger partial charge in [-0.15, -0.1) is 0 Å². The van der Waals surface area contributed by atoms with Crippen molar-refractivity contribution in [2.75, 3.05) is 31.1 Å². The molecule has 1 saturated heterocycles. The monoisotopic (exact) mass is 342 g/mol. The lowest BCUT2D eigenvalue weighted by Crippen LogP contribution is -2.50. The quantitative estimate of drug-likeness (QED) is 0.846. The van der Waals surface area contributed by atoms with E-state index in [1.54, 1.807) is 6.20 Å². The Balaban J connectivity index is 2.02. The summed E-state index contributed by atoms with van der Waals surface area (Å²) in [5.41, 5.74) is 0. The highest BCUT2D eigenvalue weighted by Gasteiger charge is 2.24. The van der Waals surface area contributed by atoms with Gasteiger partial charge in [-0.3, -0.25) is 4.90 Å². The molecule has 0 bridgehead atoms. The van der Waals surface area contributed by atoms with Crippen LogP contribution >= 0.6 is 27.5 Å². The van der Waals surface area contributed by atoms with Crippen molar-refractivity contribution in [2.45, 2.75) is 19.4 Å². The van der Waals surface area contributed by atoms with Crippen LogP contribution in [0.5, 0.6) is 0 Å². The van der Waals surface area contributed by atoms with Gasteiger partial charge in [0.15, 0.2) is 0 Å². The Morgan fingerprint density at radius 1 is 1.47 bits per heavy atom. The Kier molecular flexibility index (Phi) is 5.03. The average Bonchev–Trinajstić information content (AvgIpc) is 2.41. The van der Waals surface area contributed by atoms with Crippen LogP contribution in [0.3, 0.4) is 0 Å². The molecule has 0 N–H and O–H groups in total. The minimum absolute atomic E-state index is 0.0236. The Morgan fingerprint density at radius 2 is 2.16 bits per heavy atom. The molecule has 1 aromatic heterocycles. The van der Waals surface area contributed by atoms with E-state index in [1.165, 1.54) is 0 Å². The summed E-state index contributed by atoms with van der Waals surface area (Å²) >= 11 is 9.57. The molecule has 19 heavy (non-hydrogen) atoms. The molecule has 1 atom stereocenters. The van der Waals surface area contributed by atoms with Crippen LogP contribution in [0.2, 0.25) is 5.02 Å². The second kappa shape index (κ2) is 6.56. The average molecular weight is 344 g/mol. The number of aromatic nitrogens is 1. The van der Waals surface area contributed by atoms with Crippen LogP contribution in [-0.2, 0) is 0 Å². The lowest BCUT2D eigenvalue weighted by Gasteiger charge is -2.37. The number of anilines is 1. The van der Waals surface area contributed by atoms with Crippen molar-refractivity contribution in [1.29, 1.82) is 5.26 Å². The zero-order valence-electron chi connectivity index (χ0n) is 10.8. The fourth-order valence-electron chi connectivity index (χ4n) is 2.32. The van der Waals surface area contributed by atoms with E-state index in [0.29, 0.717) is 5.02 Å². The van der Waals surface area contributed by atoms with E-state index < -0.39 is 0 Å². The van der Waals surface area contributed by atoms with Crippen LogP contribution in [0.25, 0.3) is 0 Å². The highest BCUT2D eigenvalue weighted by atomic mass is 79.9. The van der Waals surface area contributed by atoms with Gasteiger partial charge in [0.2, 0.25) is 0 Å². The number of hydrogen-bond donors (Lipinski definition) is 0. The topological polar surface area (TPSA) is 43.2 Å². The first-order chi connectivity index (χ1) is 9.15. The molecule has 0 amide bonds. The van der Waals surface area contributed by atoms with Crippen molar-refractivity contribution in [3.05, 3.63) is 21.8 Å². The molecule has 0 spiro atoms. The standard InChI is InChI=1S/C13H16BrClN4/c1-2-11(8-16)18-3-5-19(6-4-18)13-12(15)7-10(14)9-17-13/h7,9,11H,2-6H2,1H3. The third-order valence-corrected chi connectivity index (χ3v) is 4.09. The third kappa shape index (κ3) is 3.38. The van der Waals surface area contributed by atoms with Gasteiger partial charge < -0.3 is 4.90 Å². The molecule has 1 aromatic rings. The summed E-state index contributed by atoms with van der Waals surface area (Å²) in [6.45, 7) is 5.51. The summed E-state index contributed by atoms with van der Waals surface area (Å²) in [4.78, 5) is 8.78. The van der Waals surface area contributed by atoms with Gasteiger partial charge in [-0.2, -0.15) is 5.26 Å². The smallest absolute Gasteiger partial charge is 0.147 e. The first-order valence-electron chi connectivity index (χ1n) is 6.35. The number of pyridine rings is 1. The maximum atomic E-state index is 9.09. The molecule has 1 unspecified atom stereocenters. The van der Waals surface area contributed by atoms with Crippen molar-refractivity contribution in [3.63, 3.8) is 0 Å². The summed E-state index contributed by atoms with van der Waals surface area (Å²) in [7, 11) is 0. The van der Waals surface area contributed by atoms with E-state index in [0.717, 1.165) is 42.9 Å². The van der Waals surface area contributed by atoms with Crippen LogP contribution in [-0.4, -0.2) is 42.1 Å². The molecule has 0 aliphatic carbocycles. The van der Waals surface area contributed by atoms with Gasteiger partial charge in [0, 0.05) is 36.8 Å². The zero-order valence-corrected chi connectivity index (χ0v) is 13.2. The van der Waals surface area contributed by atoms with Crippen molar-refractivity contribution in [3.8, 4) is 6.07 Å². The summed E-state index contributed by atoms with van der Waals surface area (Å²) in [6, 6.07) is 4.24. The first-order valence-corrected chi connectivity index (χ1v) is 7.52. The van der Waals surface area contributed by atoms with Gasteiger partial charge in [0.1, 0.15) is 5.82 Å². The summed E-state index contributed by atoms with van der Waals surface area (Å²) in [5.74, 6) is 0.828. The first kappa shape index (κ1) is 14.6. The van der Waals surface area contributed by atoms with Crippen LogP contribution in [0.4, 0.5) is 5.82 Å². The minimum atomic E-state index is 0.0236. The van der Waals surface area contributed by atoms with Crippen molar-refractivity contribution < 1.29 is 0 Å². The van der Waals surface area contributed by atoms with E-state index in [4.69, 9.17) is 16.9 Å². The summed E-state index contributed by atoms with van der Waals surface area (Å²) in [5, 5.41) is 9.75. The normalized spacial score (nSPS) is 18.1. The Bertz CT molecular complexity index is 480. The van der Waals surface area contributed by atoms with Crippen molar-refractivity contribution in [2.24, 2.45) is 0 Å². The molecule has 0 radical (unpaired) electrons. The summed E-state index contributed by atoms with van der Waals surface area (Å²) in [6.07, 6.45) is 2.63. The van der Waals surface area contributed by atoms with Crippen molar-refractivity contribution in [1.82, 2.24) is 9.88 Å². The summed E-state index contributed by atoms with van der Waals surface area (Å²) < 4.78 is 0.885. The molecule has 2 heterocycles. The lowest BCUT2D eigenvalue weighted by atomic mass is 10.2. The molecule has 1 aliphatic heterocycles. The third-order valence-electron chi connectivity index (χ3n) is 3.38. The SMILES string of the molecule is CCC(C#N)N1CCN(c2ncc(Br)cc2Cl)CC1. The van der Waals surface area contributed by atoms with E-state index in [2.05, 4.69) is 36.8 Å². The van der Waals surface area contributed by atoms with E-state index in [-0.39, 0.29) is 6.04 Å². The number of halogens is 2. The van der Waals surface area contributed by atoms with Gasteiger partial charge in [-0.25, -0.2) is 4.98 Å². The second-order valence-electron chi connectivity index (χ2n) is 4.54. The molecule has 1 fully saturated rings.